The van der Waals surface area contributed by atoms with Crippen LogP contribution in [0.1, 0.15) is 66.7 Å². The standard InChI is InChI=1S/C20H36O6Si/c1-6-13-24-18(21)11-12-19(22)25-17(10-5)20(23)26-27(14-7-2,15-8-3)16-9-4/h11-12,17H,6-10,13-16H2,1-5H3/b12-11-. The fourth-order valence-electron chi connectivity index (χ4n) is 3.04. The molecule has 27 heavy (non-hydrogen) atoms. The van der Waals surface area contributed by atoms with Gasteiger partial charge in [-0.1, -0.05) is 53.9 Å². The smallest absolute Gasteiger partial charge is 0.334 e. The molecule has 7 heteroatoms. The summed E-state index contributed by atoms with van der Waals surface area (Å²) in [5.41, 5.74) is 0. The molecule has 0 aromatic carbocycles. The Bertz CT molecular complexity index is 472. The van der Waals surface area contributed by atoms with Crippen LogP contribution in [0.5, 0.6) is 0 Å². The van der Waals surface area contributed by atoms with Crippen molar-refractivity contribution in [2.24, 2.45) is 0 Å². The van der Waals surface area contributed by atoms with E-state index >= 15 is 0 Å². The summed E-state index contributed by atoms with van der Waals surface area (Å²) in [5, 5.41) is 0. The first kappa shape index (κ1) is 25.4. The maximum Gasteiger partial charge on any atom is 0.334 e. The lowest BCUT2D eigenvalue weighted by atomic mass is 10.3. The third kappa shape index (κ3) is 10.3. The average molecular weight is 401 g/mol. The summed E-state index contributed by atoms with van der Waals surface area (Å²) in [6.45, 7) is 10.2. The van der Waals surface area contributed by atoms with Crippen LogP contribution < -0.4 is 0 Å². The van der Waals surface area contributed by atoms with E-state index in [2.05, 4.69) is 20.8 Å². The predicted molar refractivity (Wildman–Crippen MR) is 108 cm³/mol. The second-order valence-corrected chi connectivity index (χ2v) is 10.8. The quantitative estimate of drug-likeness (QED) is 0.242. The van der Waals surface area contributed by atoms with E-state index in [4.69, 9.17) is 13.9 Å². The van der Waals surface area contributed by atoms with Gasteiger partial charge in [-0.2, -0.15) is 0 Å². The van der Waals surface area contributed by atoms with Crippen LogP contribution in [0.3, 0.4) is 0 Å². The summed E-state index contributed by atoms with van der Waals surface area (Å²) in [6.07, 6.45) is 4.99. The Morgan fingerprint density at radius 3 is 1.78 bits per heavy atom. The fraction of sp³-hybridized carbons (Fsp3) is 0.750. The first-order valence-corrected chi connectivity index (χ1v) is 12.7. The van der Waals surface area contributed by atoms with Gasteiger partial charge in [0.15, 0.2) is 6.10 Å². The Morgan fingerprint density at radius 1 is 0.815 bits per heavy atom. The van der Waals surface area contributed by atoms with Crippen molar-refractivity contribution >= 4 is 26.2 Å². The molecule has 0 heterocycles. The molecule has 0 saturated carbocycles. The first-order valence-electron chi connectivity index (χ1n) is 10.2. The zero-order chi connectivity index (χ0) is 20.7. The molecule has 0 aromatic rings. The largest absolute Gasteiger partial charge is 0.516 e. The lowest BCUT2D eigenvalue weighted by Crippen LogP contribution is -2.43. The maximum absolute atomic E-state index is 12.6. The average Bonchev–Trinajstić information content (AvgIpc) is 2.63. The van der Waals surface area contributed by atoms with Crippen LogP contribution in [0.2, 0.25) is 18.1 Å². The maximum atomic E-state index is 12.6. The zero-order valence-electron chi connectivity index (χ0n) is 17.5. The highest BCUT2D eigenvalue weighted by atomic mass is 28.4. The minimum absolute atomic E-state index is 0.293. The molecule has 0 aliphatic rings. The highest BCUT2D eigenvalue weighted by Crippen LogP contribution is 2.28. The van der Waals surface area contributed by atoms with Gasteiger partial charge in [0.25, 0.3) is 8.32 Å². The van der Waals surface area contributed by atoms with E-state index in [1.54, 1.807) is 6.92 Å². The van der Waals surface area contributed by atoms with Gasteiger partial charge in [0.1, 0.15) is 0 Å². The molecule has 0 aromatic heterocycles. The lowest BCUT2D eigenvalue weighted by molar-refractivity contribution is -0.159. The summed E-state index contributed by atoms with van der Waals surface area (Å²) in [4.78, 5) is 36.0. The van der Waals surface area contributed by atoms with Crippen LogP contribution in [0.15, 0.2) is 12.2 Å². The van der Waals surface area contributed by atoms with Gasteiger partial charge in [0.05, 0.1) is 6.61 Å². The predicted octanol–water partition coefficient (Wildman–Crippen LogP) is 4.54. The molecule has 1 atom stereocenters. The van der Waals surface area contributed by atoms with E-state index < -0.39 is 32.3 Å². The molecule has 1 unspecified atom stereocenters. The second kappa shape index (κ2) is 14.4. The van der Waals surface area contributed by atoms with E-state index in [0.717, 1.165) is 49.5 Å². The van der Waals surface area contributed by atoms with Crippen molar-refractivity contribution in [3.63, 3.8) is 0 Å². The van der Waals surface area contributed by atoms with E-state index in [0.29, 0.717) is 19.4 Å². The molecule has 6 nitrogen and oxygen atoms in total. The van der Waals surface area contributed by atoms with E-state index in [9.17, 15) is 14.4 Å². The van der Waals surface area contributed by atoms with Crippen molar-refractivity contribution < 1.29 is 28.3 Å². The molecule has 0 N–H and O–H groups in total. The van der Waals surface area contributed by atoms with E-state index in [1.165, 1.54) is 0 Å². The fourth-order valence-corrected chi connectivity index (χ4v) is 7.39. The summed E-state index contributed by atoms with van der Waals surface area (Å²) in [5.74, 6) is -1.82. The number of hydrogen-bond acceptors (Lipinski definition) is 6. The molecule has 0 radical (unpaired) electrons. The first-order chi connectivity index (χ1) is 12.9. The highest BCUT2D eigenvalue weighted by Gasteiger charge is 2.38. The number of hydrogen-bond donors (Lipinski definition) is 0. The van der Waals surface area contributed by atoms with Crippen LogP contribution in [0.25, 0.3) is 0 Å². The third-order valence-electron chi connectivity index (χ3n) is 4.13. The van der Waals surface area contributed by atoms with Crippen LogP contribution in [-0.4, -0.2) is 38.9 Å². The van der Waals surface area contributed by atoms with Crippen molar-refractivity contribution in [1.29, 1.82) is 0 Å². The molecule has 0 aliphatic heterocycles. The minimum Gasteiger partial charge on any atom is -0.516 e. The van der Waals surface area contributed by atoms with Gasteiger partial charge in [-0.05, 0) is 31.0 Å². The Hall–Kier alpha value is -1.63. The SMILES string of the molecule is CCCOC(=O)/C=C\C(=O)OC(CC)C(=O)O[Si](CCC)(CCC)CCC. The van der Waals surface area contributed by atoms with Gasteiger partial charge in [0, 0.05) is 12.2 Å². The number of rotatable bonds is 14. The van der Waals surface area contributed by atoms with Gasteiger partial charge in [0.2, 0.25) is 0 Å². The van der Waals surface area contributed by atoms with Crippen molar-refractivity contribution in [2.75, 3.05) is 6.61 Å². The Morgan fingerprint density at radius 2 is 1.33 bits per heavy atom. The highest BCUT2D eigenvalue weighted by molar-refractivity contribution is 6.75. The number of esters is 2. The summed E-state index contributed by atoms with van der Waals surface area (Å²) >= 11 is 0. The summed E-state index contributed by atoms with van der Waals surface area (Å²) in [6, 6.07) is 2.77. The van der Waals surface area contributed by atoms with Crippen molar-refractivity contribution in [2.45, 2.75) is 91.0 Å². The molecule has 0 saturated heterocycles. The Labute approximate surface area is 164 Å². The van der Waals surface area contributed by atoms with Crippen molar-refractivity contribution in [3.8, 4) is 0 Å². The molecule has 0 aliphatic carbocycles. The minimum atomic E-state index is -2.17. The van der Waals surface area contributed by atoms with Crippen molar-refractivity contribution in [1.82, 2.24) is 0 Å². The van der Waals surface area contributed by atoms with Gasteiger partial charge in [-0.3, -0.25) is 0 Å². The van der Waals surface area contributed by atoms with Gasteiger partial charge >= 0.3 is 17.9 Å². The van der Waals surface area contributed by atoms with Crippen LogP contribution >= 0.6 is 0 Å². The number of ether oxygens (including phenoxy) is 2. The van der Waals surface area contributed by atoms with Gasteiger partial charge in [-0.25, -0.2) is 14.4 Å². The van der Waals surface area contributed by atoms with Crippen LogP contribution in [0.4, 0.5) is 0 Å². The van der Waals surface area contributed by atoms with E-state index in [-0.39, 0.29) is 0 Å². The summed E-state index contributed by atoms with van der Waals surface area (Å²) in [7, 11) is -2.17. The molecule has 156 valence electrons. The van der Waals surface area contributed by atoms with Crippen LogP contribution in [-0.2, 0) is 28.3 Å². The molecular weight excluding hydrogens is 364 g/mol. The normalized spacial score (nSPS) is 12.6. The second-order valence-electron chi connectivity index (χ2n) is 6.69. The van der Waals surface area contributed by atoms with Gasteiger partial charge in [-0.15, -0.1) is 0 Å². The van der Waals surface area contributed by atoms with E-state index in [1.807, 2.05) is 6.92 Å². The molecule has 0 spiro atoms. The molecule has 0 rings (SSSR count). The number of carbonyl (C=O) groups is 3. The zero-order valence-corrected chi connectivity index (χ0v) is 18.5. The monoisotopic (exact) mass is 400 g/mol. The van der Waals surface area contributed by atoms with Gasteiger partial charge < -0.3 is 13.9 Å². The molecule has 0 bridgehead atoms. The molecule has 0 amide bonds. The lowest BCUT2D eigenvalue weighted by Gasteiger charge is -2.32. The molecular formula is C20H36O6Si. The third-order valence-corrected chi connectivity index (χ3v) is 9.00. The topological polar surface area (TPSA) is 78.9 Å². The number of carbonyl (C=O) groups excluding carboxylic acids is 3. The van der Waals surface area contributed by atoms with Crippen molar-refractivity contribution in [3.05, 3.63) is 12.2 Å². The Balaban J connectivity index is 4.93. The summed E-state index contributed by atoms with van der Waals surface area (Å²) < 4.78 is 16.1. The Kier molecular flexibility index (Phi) is 13.6. The van der Waals surface area contributed by atoms with Crippen LogP contribution in [0, 0.1) is 0 Å². The molecule has 0 fully saturated rings.